The van der Waals surface area contributed by atoms with E-state index >= 15 is 0 Å². The van der Waals surface area contributed by atoms with Gasteiger partial charge in [-0.1, -0.05) is 0 Å². The maximum atomic E-state index is 13.3. The fourth-order valence-electron chi connectivity index (χ4n) is 5.18. The Morgan fingerprint density at radius 3 is 2.73 bits per heavy atom. The largest absolute Gasteiger partial charge is 0.375 e. The number of nitriles is 1. The van der Waals surface area contributed by atoms with Gasteiger partial charge in [0, 0.05) is 19.9 Å². The normalized spacial score (nSPS) is 24.4. The van der Waals surface area contributed by atoms with Gasteiger partial charge in [0.05, 0.1) is 36.4 Å². The number of nitrogens with zero attached hydrogens (tertiary/aromatic N) is 8. The molecular formula is C22H23N9O2. The van der Waals surface area contributed by atoms with Crippen molar-refractivity contribution in [2.45, 2.75) is 57.3 Å². The van der Waals surface area contributed by atoms with Gasteiger partial charge < -0.3 is 10.1 Å². The Hall–Kier alpha value is -3.78. The van der Waals surface area contributed by atoms with Crippen molar-refractivity contribution in [3.63, 3.8) is 0 Å². The Balaban J connectivity index is 1.47. The number of rotatable bonds is 3. The molecule has 4 aromatic rings. The second-order valence-electron chi connectivity index (χ2n) is 9.05. The molecule has 168 valence electrons. The molecule has 6 heterocycles. The number of pyridine rings is 1. The maximum absolute atomic E-state index is 13.3. The lowest BCUT2D eigenvalue weighted by molar-refractivity contribution is -0.0351. The zero-order chi connectivity index (χ0) is 22.9. The van der Waals surface area contributed by atoms with Crippen LogP contribution in [0.4, 0.5) is 11.6 Å². The Labute approximate surface area is 188 Å². The lowest BCUT2D eigenvalue weighted by atomic mass is 9.87. The molecule has 4 aromatic heterocycles. The molecule has 2 saturated heterocycles. The van der Waals surface area contributed by atoms with Crippen LogP contribution < -0.4 is 11.0 Å². The number of anilines is 2. The molecule has 6 rings (SSSR count). The predicted molar refractivity (Wildman–Crippen MR) is 119 cm³/mol. The summed E-state index contributed by atoms with van der Waals surface area (Å²) < 4.78 is 10.7. The summed E-state index contributed by atoms with van der Waals surface area (Å²) >= 11 is 0. The summed E-state index contributed by atoms with van der Waals surface area (Å²) in [4.78, 5) is 26.8. The van der Waals surface area contributed by atoms with Crippen LogP contribution in [0.5, 0.6) is 0 Å². The number of fused-ring (bicyclic) bond motifs is 4. The zero-order valence-corrected chi connectivity index (χ0v) is 18.6. The van der Waals surface area contributed by atoms with Crippen LogP contribution in [0.1, 0.15) is 37.1 Å². The summed E-state index contributed by atoms with van der Waals surface area (Å²) in [6.45, 7) is 3.81. The number of ether oxygens (including phenoxy) is 1. The zero-order valence-electron chi connectivity index (χ0n) is 18.6. The van der Waals surface area contributed by atoms with Gasteiger partial charge in [0.25, 0.3) is 0 Å². The highest BCUT2D eigenvalue weighted by Gasteiger charge is 2.48. The molecule has 0 radical (unpaired) electrons. The van der Waals surface area contributed by atoms with Gasteiger partial charge in [0.2, 0.25) is 5.95 Å². The molecule has 1 N–H and O–H groups in total. The van der Waals surface area contributed by atoms with E-state index in [2.05, 4.69) is 26.5 Å². The van der Waals surface area contributed by atoms with Crippen LogP contribution in [-0.4, -0.2) is 45.9 Å². The fraction of sp³-hybridized carbons (Fsp3) is 0.455. The van der Waals surface area contributed by atoms with E-state index in [1.165, 1.54) is 4.57 Å². The van der Waals surface area contributed by atoms with Gasteiger partial charge in [-0.05, 0) is 38.3 Å². The van der Waals surface area contributed by atoms with E-state index in [0.29, 0.717) is 35.8 Å². The Morgan fingerprint density at radius 2 is 2.00 bits per heavy atom. The number of aromatic nitrogens is 7. The van der Waals surface area contributed by atoms with E-state index in [1.807, 2.05) is 26.1 Å². The number of hydrogen-bond donors (Lipinski definition) is 1. The lowest BCUT2D eigenvalue weighted by Gasteiger charge is -2.35. The van der Waals surface area contributed by atoms with Crippen molar-refractivity contribution >= 4 is 28.4 Å². The highest BCUT2D eigenvalue weighted by atomic mass is 16.5. The third kappa shape index (κ3) is 2.94. The van der Waals surface area contributed by atoms with Crippen LogP contribution in [0.15, 0.2) is 23.3 Å². The second-order valence-corrected chi connectivity index (χ2v) is 9.05. The monoisotopic (exact) mass is 445 g/mol. The minimum Gasteiger partial charge on any atom is -0.375 e. The average molecular weight is 445 g/mol. The fourth-order valence-corrected chi connectivity index (χ4v) is 5.18. The Kier molecular flexibility index (Phi) is 4.13. The molecule has 2 aliphatic heterocycles. The van der Waals surface area contributed by atoms with E-state index in [1.54, 1.807) is 22.3 Å². The second kappa shape index (κ2) is 6.86. The van der Waals surface area contributed by atoms with E-state index in [4.69, 9.17) is 9.72 Å². The van der Waals surface area contributed by atoms with Gasteiger partial charge >= 0.3 is 5.69 Å². The lowest BCUT2D eigenvalue weighted by Crippen LogP contribution is -2.47. The molecule has 2 aliphatic rings. The minimum atomic E-state index is -0.987. The molecular weight excluding hydrogens is 422 g/mol. The first-order valence-corrected chi connectivity index (χ1v) is 11.0. The quantitative estimate of drug-likeness (QED) is 0.508. The van der Waals surface area contributed by atoms with Gasteiger partial charge in [0.15, 0.2) is 11.3 Å². The Bertz CT molecular complexity index is 1510. The molecule has 0 aliphatic carbocycles. The van der Waals surface area contributed by atoms with Crippen molar-refractivity contribution < 1.29 is 4.74 Å². The van der Waals surface area contributed by atoms with Crippen LogP contribution in [0.25, 0.3) is 16.8 Å². The van der Waals surface area contributed by atoms with Crippen LogP contribution in [0.3, 0.4) is 0 Å². The molecule has 33 heavy (non-hydrogen) atoms. The number of aryl methyl sites for hydroxylation is 3. The number of nitrogens with one attached hydrogen (secondary N) is 1. The summed E-state index contributed by atoms with van der Waals surface area (Å²) in [7, 11) is 1.68. The Morgan fingerprint density at radius 1 is 1.24 bits per heavy atom. The van der Waals surface area contributed by atoms with E-state index < -0.39 is 5.54 Å². The minimum absolute atomic E-state index is 0.00879. The van der Waals surface area contributed by atoms with Crippen molar-refractivity contribution in [2.75, 3.05) is 5.32 Å². The van der Waals surface area contributed by atoms with E-state index in [9.17, 15) is 10.1 Å². The highest BCUT2D eigenvalue weighted by Crippen LogP contribution is 2.42. The van der Waals surface area contributed by atoms with Gasteiger partial charge in [-0.25, -0.2) is 19.3 Å². The van der Waals surface area contributed by atoms with Crippen LogP contribution in [0.2, 0.25) is 0 Å². The average Bonchev–Trinajstić information content (AvgIpc) is 3.41. The standard InChI is InChI=1S/C22H23N9O2/c1-12-6-18-25-13(2)28-30(18)10-16(12)26-20-24-9-17-19(27-20)31(21(32)29(17)3)22(11-23)7-14-4-5-15(8-22)33-14/h6,9-10,14-15H,4-5,7-8H2,1-3H3,(H,24,26,27). The summed E-state index contributed by atoms with van der Waals surface area (Å²) in [5.41, 5.74) is 2.26. The smallest absolute Gasteiger partial charge is 0.331 e. The van der Waals surface area contributed by atoms with Crippen LogP contribution >= 0.6 is 0 Å². The van der Waals surface area contributed by atoms with Crippen LogP contribution in [0, 0.1) is 25.2 Å². The van der Waals surface area contributed by atoms with Gasteiger partial charge in [-0.15, -0.1) is 0 Å². The molecule has 0 aromatic carbocycles. The summed E-state index contributed by atoms with van der Waals surface area (Å²) in [6.07, 6.45) is 6.23. The first-order chi connectivity index (χ1) is 15.9. The van der Waals surface area contributed by atoms with Crippen molar-refractivity contribution in [3.05, 3.63) is 40.3 Å². The summed E-state index contributed by atoms with van der Waals surface area (Å²) in [5.74, 6) is 1.02. The third-order valence-corrected chi connectivity index (χ3v) is 6.80. The van der Waals surface area contributed by atoms with Gasteiger partial charge in [-0.2, -0.15) is 15.3 Å². The van der Waals surface area contributed by atoms with Crippen LogP contribution in [-0.2, 0) is 17.3 Å². The van der Waals surface area contributed by atoms with Gasteiger partial charge in [0.1, 0.15) is 16.9 Å². The topological polar surface area (TPSA) is 128 Å². The maximum Gasteiger partial charge on any atom is 0.331 e. The summed E-state index contributed by atoms with van der Waals surface area (Å²) in [6, 6.07) is 4.38. The van der Waals surface area contributed by atoms with Crippen molar-refractivity contribution in [2.24, 2.45) is 7.05 Å². The molecule has 2 bridgehead atoms. The number of imidazole rings is 1. The van der Waals surface area contributed by atoms with Gasteiger partial charge in [-0.3, -0.25) is 9.13 Å². The molecule has 2 unspecified atom stereocenters. The van der Waals surface area contributed by atoms with E-state index in [-0.39, 0.29) is 17.9 Å². The molecule has 11 nitrogen and oxygen atoms in total. The summed E-state index contributed by atoms with van der Waals surface area (Å²) in [5, 5.41) is 17.9. The molecule has 2 fully saturated rings. The molecule has 0 spiro atoms. The molecule has 11 heteroatoms. The van der Waals surface area contributed by atoms with Crippen molar-refractivity contribution in [1.29, 1.82) is 5.26 Å². The molecule has 0 amide bonds. The number of hydrogen-bond acceptors (Lipinski definition) is 8. The molecule has 2 atom stereocenters. The first-order valence-electron chi connectivity index (χ1n) is 11.0. The SMILES string of the molecule is Cc1nc2cc(C)c(Nc3ncc4c(n3)n(C3(C#N)CC5CCC(C3)O5)c(=O)n4C)cn2n1. The van der Waals surface area contributed by atoms with Crippen molar-refractivity contribution in [1.82, 2.24) is 33.7 Å². The highest BCUT2D eigenvalue weighted by molar-refractivity contribution is 5.74. The third-order valence-electron chi connectivity index (χ3n) is 6.80. The first kappa shape index (κ1) is 19.9. The predicted octanol–water partition coefficient (Wildman–Crippen LogP) is 2.09. The van der Waals surface area contributed by atoms with E-state index in [0.717, 1.165) is 29.7 Å². The molecule has 0 saturated carbocycles. The van der Waals surface area contributed by atoms with Crippen molar-refractivity contribution in [3.8, 4) is 6.07 Å².